The number of hydrogen-bond acceptors (Lipinski definition) is 3. The van der Waals surface area contributed by atoms with Crippen LogP contribution in [0.15, 0.2) is 30.5 Å². The highest BCUT2D eigenvalue weighted by Gasteiger charge is 2.05. The molecule has 4 nitrogen and oxygen atoms in total. The van der Waals surface area contributed by atoms with Gasteiger partial charge in [-0.1, -0.05) is 6.92 Å². The highest BCUT2D eigenvalue weighted by molar-refractivity contribution is 5.49. The monoisotopic (exact) mass is 259 g/mol. The molecule has 0 fully saturated rings. The summed E-state index contributed by atoms with van der Waals surface area (Å²) in [4.78, 5) is 0. The van der Waals surface area contributed by atoms with Gasteiger partial charge >= 0.3 is 0 Å². The summed E-state index contributed by atoms with van der Waals surface area (Å²) in [6, 6.07) is 8.11. The van der Waals surface area contributed by atoms with Crippen molar-refractivity contribution < 1.29 is 4.74 Å². The molecule has 2 rings (SSSR count). The van der Waals surface area contributed by atoms with Crippen molar-refractivity contribution in [3.05, 3.63) is 41.7 Å². The van der Waals surface area contributed by atoms with Gasteiger partial charge in [-0.3, -0.25) is 4.68 Å². The van der Waals surface area contributed by atoms with Gasteiger partial charge in [0.25, 0.3) is 0 Å². The van der Waals surface area contributed by atoms with Crippen molar-refractivity contribution in [2.45, 2.75) is 39.8 Å². The van der Waals surface area contributed by atoms with Crippen molar-refractivity contribution >= 4 is 5.69 Å². The third kappa shape index (κ3) is 3.28. The summed E-state index contributed by atoms with van der Waals surface area (Å²) in [7, 11) is 0. The lowest BCUT2D eigenvalue weighted by molar-refractivity contribution is 0.298. The van der Waals surface area contributed by atoms with Crippen molar-refractivity contribution in [1.82, 2.24) is 9.78 Å². The summed E-state index contributed by atoms with van der Waals surface area (Å²) in [5, 5.41) is 4.50. The second-order valence-corrected chi connectivity index (χ2v) is 4.85. The summed E-state index contributed by atoms with van der Waals surface area (Å²) in [5.41, 5.74) is 8.53. The van der Waals surface area contributed by atoms with E-state index in [1.165, 1.54) is 0 Å². The van der Waals surface area contributed by atoms with E-state index in [2.05, 4.69) is 18.9 Å². The van der Waals surface area contributed by atoms with Crippen molar-refractivity contribution in [2.24, 2.45) is 0 Å². The van der Waals surface area contributed by atoms with Gasteiger partial charge in [-0.25, -0.2) is 0 Å². The van der Waals surface area contributed by atoms with Crippen LogP contribution in [-0.4, -0.2) is 9.78 Å². The number of aromatic nitrogens is 2. The molecule has 2 N–H and O–H groups in total. The maximum absolute atomic E-state index is 5.78. The Morgan fingerprint density at radius 3 is 2.84 bits per heavy atom. The Kier molecular flexibility index (Phi) is 4.10. The van der Waals surface area contributed by atoms with Crippen LogP contribution in [0.3, 0.4) is 0 Å². The van der Waals surface area contributed by atoms with Gasteiger partial charge in [0, 0.05) is 17.9 Å². The summed E-state index contributed by atoms with van der Waals surface area (Å²) >= 11 is 0. The number of rotatable bonds is 5. The number of benzene rings is 1. The molecule has 0 bridgehead atoms. The van der Waals surface area contributed by atoms with Crippen molar-refractivity contribution in [1.29, 1.82) is 0 Å². The Labute approximate surface area is 114 Å². The molecule has 1 unspecified atom stereocenters. The van der Waals surface area contributed by atoms with E-state index in [0.29, 0.717) is 12.6 Å². The zero-order valence-electron chi connectivity index (χ0n) is 11.8. The molecule has 1 aromatic carbocycles. The van der Waals surface area contributed by atoms with Crippen LogP contribution < -0.4 is 10.5 Å². The summed E-state index contributed by atoms with van der Waals surface area (Å²) < 4.78 is 7.70. The van der Waals surface area contributed by atoms with Gasteiger partial charge in [-0.2, -0.15) is 5.10 Å². The highest BCUT2D eigenvalue weighted by atomic mass is 16.5. The van der Waals surface area contributed by atoms with Gasteiger partial charge < -0.3 is 10.5 Å². The predicted octanol–water partition coefficient (Wildman–Crippen LogP) is 3.32. The molecule has 0 radical (unpaired) electrons. The van der Waals surface area contributed by atoms with Crippen LogP contribution in [0.5, 0.6) is 5.75 Å². The number of aryl methyl sites for hydroxylation is 1. The van der Waals surface area contributed by atoms with Gasteiger partial charge in [0.1, 0.15) is 12.4 Å². The SMILES string of the molecule is CCC(C)n1ccc(COc2ccc(N)c(C)c2)n1. The largest absolute Gasteiger partial charge is 0.487 e. The van der Waals surface area contributed by atoms with E-state index >= 15 is 0 Å². The molecule has 102 valence electrons. The van der Waals surface area contributed by atoms with Gasteiger partial charge in [-0.05, 0) is 50.1 Å². The first-order valence-electron chi connectivity index (χ1n) is 6.63. The molecule has 1 aromatic heterocycles. The van der Waals surface area contributed by atoms with Crippen LogP contribution in [0.1, 0.15) is 37.6 Å². The molecular formula is C15H21N3O. The van der Waals surface area contributed by atoms with Crippen molar-refractivity contribution in [3.8, 4) is 5.75 Å². The van der Waals surface area contributed by atoms with Gasteiger partial charge in [0.15, 0.2) is 0 Å². The average Bonchev–Trinajstić information content (AvgIpc) is 2.88. The first-order chi connectivity index (χ1) is 9.10. The normalized spacial score (nSPS) is 12.4. The highest BCUT2D eigenvalue weighted by Crippen LogP contribution is 2.19. The molecule has 0 saturated carbocycles. The van der Waals surface area contributed by atoms with E-state index in [0.717, 1.165) is 29.1 Å². The Hall–Kier alpha value is -1.97. The number of hydrogen-bond donors (Lipinski definition) is 1. The second kappa shape index (κ2) is 5.78. The summed E-state index contributed by atoms with van der Waals surface area (Å²) in [5.74, 6) is 0.824. The predicted molar refractivity (Wildman–Crippen MR) is 77.2 cm³/mol. The standard InChI is InChI=1S/C15H21N3O/c1-4-12(3)18-8-7-13(17-18)10-19-14-5-6-15(16)11(2)9-14/h5-9,12H,4,10,16H2,1-3H3. The Balaban J connectivity index is 1.98. The maximum atomic E-state index is 5.78. The zero-order chi connectivity index (χ0) is 13.8. The van der Waals surface area contributed by atoms with Crippen LogP contribution >= 0.6 is 0 Å². The minimum absolute atomic E-state index is 0.424. The van der Waals surface area contributed by atoms with E-state index in [9.17, 15) is 0 Å². The van der Waals surface area contributed by atoms with E-state index in [1.807, 2.05) is 42.1 Å². The number of ether oxygens (including phenoxy) is 1. The number of nitrogen functional groups attached to an aromatic ring is 1. The molecule has 1 heterocycles. The molecule has 1 atom stereocenters. The third-order valence-electron chi connectivity index (χ3n) is 3.33. The molecular weight excluding hydrogens is 238 g/mol. The van der Waals surface area contributed by atoms with Gasteiger partial charge in [0.2, 0.25) is 0 Å². The fourth-order valence-corrected chi connectivity index (χ4v) is 1.78. The molecule has 0 saturated heterocycles. The van der Waals surface area contributed by atoms with E-state index < -0.39 is 0 Å². The van der Waals surface area contributed by atoms with Crippen LogP contribution in [0.4, 0.5) is 5.69 Å². The number of nitrogens with zero attached hydrogens (tertiary/aromatic N) is 2. The zero-order valence-corrected chi connectivity index (χ0v) is 11.8. The minimum Gasteiger partial charge on any atom is -0.487 e. The van der Waals surface area contributed by atoms with Crippen LogP contribution in [0, 0.1) is 6.92 Å². The van der Waals surface area contributed by atoms with E-state index in [4.69, 9.17) is 10.5 Å². The molecule has 0 aliphatic heterocycles. The quantitative estimate of drug-likeness (QED) is 0.838. The average molecular weight is 259 g/mol. The summed E-state index contributed by atoms with van der Waals surface area (Å²) in [6.45, 7) is 6.76. The second-order valence-electron chi connectivity index (χ2n) is 4.85. The third-order valence-corrected chi connectivity index (χ3v) is 3.33. The maximum Gasteiger partial charge on any atom is 0.132 e. The fourth-order valence-electron chi connectivity index (χ4n) is 1.78. The molecule has 0 amide bonds. The Morgan fingerprint density at radius 1 is 1.37 bits per heavy atom. The molecule has 19 heavy (non-hydrogen) atoms. The lowest BCUT2D eigenvalue weighted by Crippen LogP contribution is -2.05. The Morgan fingerprint density at radius 2 is 2.16 bits per heavy atom. The first-order valence-corrected chi connectivity index (χ1v) is 6.63. The van der Waals surface area contributed by atoms with Crippen molar-refractivity contribution in [2.75, 3.05) is 5.73 Å². The molecule has 2 aromatic rings. The number of nitrogens with two attached hydrogens (primary N) is 1. The van der Waals surface area contributed by atoms with E-state index in [1.54, 1.807) is 0 Å². The lowest BCUT2D eigenvalue weighted by atomic mass is 10.2. The molecule has 0 spiro atoms. The minimum atomic E-state index is 0.424. The lowest BCUT2D eigenvalue weighted by Gasteiger charge is -2.09. The number of anilines is 1. The summed E-state index contributed by atoms with van der Waals surface area (Å²) in [6.07, 6.45) is 3.07. The van der Waals surface area contributed by atoms with Crippen LogP contribution in [-0.2, 0) is 6.61 Å². The van der Waals surface area contributed by atoms with Gasteiger partial charge in [0.05, 0.1) is 5.69 Å². The molecule has 4 heteroatoms. The smallest absolute Gasteiger partial charge is 0.132 e. The molecule has 0 aliphatic carbocycles. The van der Waals surface area contributed by atoms with E-state index in [-0.39, 0.29) is 0 Å². The first kappa shape index (κ1) is 13.5. The van der Waals surface area contributed by atoms with Gasteiger partial charge in [-0.15, -0.1) is 0 Å². The fraction of sp³-hybridized carbons (Fsp3) is 0.400. The van der Waals surface area contributed by atoms with Crippen LogP contribution in [0.25, 0.3) is 0 Å². The topological polar surface area (TPSA) is 53.1 Å². The van der Waals surface area contributed by atoms with Crippen molar-refractivity contribution in [3.63, 3.8) is 0 Å². The Bertz CT molecular complexity index is 548. The molecule has 0 aliphatic rings. The van der Waals surface area contributed by atoms with Crippen LogP contribution in [0.2, 0.25) is 0 Å².